The van der Waals surface area contributed by atoms with Gasteiger partial charge in [-0.2, -0.15) is 13.1 Å². The van der Waals surface area contributed by atoms with Crippen LogP contribution in [-0.2, 0) is 14.8 Å². The number of piperidine rings is 1. The third kappa shape index (κ3) is 3.72. The molecule has 1 amide bonds. The van der Waals surface area contributed by atoms with E-state index in [9.17, 15) is 13.2 Å². The highest BCUT2D eigenvalue weighted by Crippen LogP contribution is 2.29. The normalized spacial score (nSPS) is 22.7. The number of benzene rings is 1. The van der Waals surface area contributed by atoms with Gasteiger partial charge in [-0.05, 0) is 37.8 Å². The van der Waals surface area contributed by atoms with Crippen molar-refractivity contribution in [3.8, 4) is 0 Å². The van der Waals surface area contributed by atoms with Crippen molar-refractivity contribution >= 4 is 38.7 Å². The molecule has 1 aromatic carbocycles. The summed E-state index contributed by atoms with van der Waals surface area (Å²) in [6.07, 6.45) is 5.87. The highest BCUT2D eigenvalue weighted by molar-refractivity contribution is 7.89. The maximum Gasteiger partial charge on any atom is 0.245 e. The van der Waals surface area contributed by atoms with Crippen molar-refractivity contribution in [2.75, 3.05) is 26.2 Å². The zero-order valence-corrected chi connectivity index (χ0v) is 16.8. The molecule has 2 saturated heterocycles. The second-order valence-corrected chi connectivity index (χ2v) is 9.76. The van der Waals surface area contributed by atoms with E-state index in [0.29, 0.717) is 24.0 Å². The smallest absolute Gasteiger partial charge is 0.245 e. The van der Waals surface area contributed by atoms with Gasteiger partial charge in [-0.25, -0.2) is 8.42 Å². The second kappa shape index (κ2) is 7.81. The Morgan fingerprint density at radius 3 is 2.59 bits per heavy atom. The Morgan fingerprint density at radius 1 is 1.04 bits per heavy atom. The fraction of sp³-hybridized carbons (Fsp3) is 0.611. The van der Waals surface area contributed by atoms with Crippen molar-refractivity contribution in [2.45, 2.75) is 43.4 Å². The molecule has 7 nitrogen and oxygen atoms in total. The van der Waals surface area contributed by atoms with Gasteiger partial charge in [0.2, 0.25) is 15.9 Å². The lowest BCUT2D eigenvalue weighted by molar-refractivity contribution is -0.136. The molecule has 2 fully saturated rings. The zero-order valence-electron chi connectivity index (χ0n) is 15.2. The molecule has 0 radical (unpaired) electrons. The van der Waals surface area contributed by atoms with Crippen molar-refractivity contribution in [3.05, 3.63) is 18.2 Å². The zero-order chi connectivity index (χ0) is 18.9. The van der Waals surface area contributed by atoms with E-state index in [1.165, 1.54) is 17.1 Å². The molecule has 0 bridgehead atoms. The topological polar surface area (TPSA) is 83.5 Å². The van der Waals surface area contributed by atoms with Crippen LogP contribution in [0.4, 0.5) is 0 Å². The van der Waals surface area contributed by atoms with Crippen molar-refractivity contribution in [1.82, 2.24) is 18.0 Å². The van der Waals surface area contributed by atoms with Crippen LogP contribution in [0.15, 0.2) is 23.1 Å². The number of carbonyl (C=O) groups excluding carboxylic acids is 1. The van der Waals surface area contributed by atoms with E-state index in [4.69, 9.17) is 0 Å². The van der Waals surface area contributed by atoms with Crippen molar-refractivity contribution in [2.24, 2.45) is 5.92 Å². The highest BCUT2D eigenvalue weighted by Gasteiger charge is 2.36. The van der Waals surface area contributed by atoms with Gasteiger partial charge in [0.05, 0.1) is 17.6 Å². The van der Waals surface area contributed by atoms with Crippen LogP contribution in [0, 0.1) is 5.92 Å². The van der Waals surface area contributed by atoms with Gasteiger partial charge in [-0.1, -0.05) is 18.9 Å². The van der Waals surface area contributed by atoms with Crippen LogP contribution in [-0.4, -0.2) is 58.5 Å². The molecule has 9 heteroatoms. The van der Waals surface area contributed by atoms with Crippen molar-refractivity contribution in [3.63, 3.8) is 0 Å². The average Bonchev–Trinajstić information content (AvgIpc) is 3.01. The summed E-state index contributed by atoms with van der Waals surface area (Å²) in [5, 5.41) is 0. The number of hydrogen-bond donors (Lipinski definition) is 0. The van der Waals surface area contributed by atoms with Crippen LogP contribution in [0.3, 0.4) is 0 Å². The Kier molecular flexibility index (Phi) is 5.43. The summed E-state index contributed by atoms with van der Waals surface area (Å²) < 4.78 is 36.2. The van der Waals surface area contributed by atoms with Crippen molar-refractivity contribution in [1.29, 1.82) is 0 Å². The molecule has 0 spiro atoms. The third-order valence-corrected chi connectivity index (χ3v) is 7.96. The molecule has 1 atom stereocenters. The molecule has 4 rings (SSSR count). The summed E-state index contributed by atoms with van der Waals surface area (Å²) in [4.78, 5) is 15.1. The molecule has 2 aliphatic heterocycles. The van der Waals surface area contributed by atoms with Crippen LogP contribution in [0.25, 0.3) is 11.0 Å². The first-order chi connectivity index (χ1) is 13.1. The minimum atomic E-state index is -3.70. The number of fused-ring (bicyclic) bond motifs is 1. The van der Waals surface area contributed by atoms with Gasteiger partial charge >= 0.3 is 0 Å². The largest absolute Gasteiger partial charge is 0.342 e. The van der Waals surface area contributed by atoms with Gasteiger partial charge < -0.3 is 4.90 Å². The lowest BCUT2D eigenvalue weighted by Crippen LogP contribution is -2.47. The summed E-state index contributed by atoms with van der Waals surface area (Å²) in [7, 11) is -3.70. The van der Waals surface area contributed by atoms with Gasteiger partial charge in [0, 0.05) is 26.2 Å². The SMILES string of the molecule is O=C([C@H]1CCCN(S(=O)(=O)c2cccc3nsnc23)C1)N1CCCCCC1. The lowest BCUT2D eigenvalue weighted by atomic mass is 9.98. The minimum Gasteiger partial charge on any atom is -0.342 e. The number of likely N-dealkylation sites (tertiary alicyclic amines) is 1. The summed E-state index contributed by atoms with van der Waals surface area (Å²) in [5.74, 6) is -0.135. The summed E-state index contributed by atoms with van der Waals surface area (Å²) in [6, 6.07) is 5.04. The standard InChI is InChI=1S/C18H24N4O3S2/c23-18(21-10-3-1-2-4-11-21)14-7-6-12-22(13-14)27(24,25)16-9-5-8-15-17(16)20-26-19-15/h5,8-9,14H,1-4,6-7,10-13H2/t14-/m0/s1. The molecular formula is C18H24N4O3S2. The van der Waals surface area contributed by atoms with Crippen LogP contribution in [0.5, 0.6) is 0 Å². The molecular weight excluding hydrogens is 384 g/mol. The van der Waals surface area contributed by atoms with Crippen LogP contribution >= 0.6 is 11.7 Å². The Balaban J connectivity index is 1.55. The molecule has 146 valence electrons. The van der Waals surface area contributed by atoms with Gasteiger partial charge in [-0.15, -0.1) is 0 Å². The predicted octanol–water partition coefficient (Wildman–Crippen LogP) is 2.49. The van der Waals surface area contributed by atoms with Gasteiger partial charge in [0.25, 0.3) is 0 Å². The third-order valence-electron chi connectivity index (χ3n) is 5.52. The molecule has 0 aliphatic carbocycles. The molecule has 2 aromatic rings. The van der Waals surface area contributed by atoms with Crippen LogP contribution < -0.4 is 0 Å². The molecule has 3 heterocycles. The first-order valence-corrected chi connectivity index (χ1v) is 11.7. The number of nitrogens with zero attached hydrogens (tertiary/aromatic N) is 4. The Hall–Kier alpha value is -1.58. The number of carbonyl (C=O) groups is 1. The van der Waals surface area contributed by atoms with E-state index in [2.05, 4.69) is 8.75 Å². The van der Waals surface area contributed by atoms with E-state index in [1.54, 1.807) is 18.2 Å². The molecule has 0 saturated carbocycles. The van der Waals surface area contributed by atoms with E-state index in [1.807, 2.05) is 4.90 Å². The first kappa shape index (κ1) is 18.8. The fourth-order valence-electron chi connectivity index (χ4n) is 4.04. The number of aromatic nitrogens is 2. The molecule has 27 heavy (non-hydrogen) atoms. The minimum absolute atomic E-state index is 0.116. The Labute approximate surface area is 163 Å². The van der Waals surface area contributed by atoms with E-state index in [-0.39, 0.29) is 23.3 Å². The molecule has 1 aromatic heterocycles. The maximum atomic E-state index is 13.2. The summed E-state index contributed by atoms with van der Waals surface area (Å²) in [6.45, 7) is 2.30. The highest BCUT2D eigenvalue weighted by atomic mass is 32.2. The number of hydrogen-bond acceptors (Lipinski definition) is 6. The molecule has 0 N–H and O–H groups in total. The van der Waals surface area contributed by atoms with Gasteiger partial charge in [-0.3, -0.25) is 4.79 Å². The monoisotopic (exact) mass is 408 g/mol. The number of rotatable bonds is 3. The van der Waals surface area contributed by atoms with Crippen LogP contribution in [0.2, 0.25) is 0 Å². The van der Waals surface area contributed by atoms with E-state index in [0.717, 1.165) is 44.1 Å². The van der Waals surface area contributed by atoms with Crippen molar-refractivity contribution < 1.29 is 13.2 Å². The number of amides is 1. The fourth-order valence-corrected chi connectivity index (χ4v) is 6.32. The lowest BCUT2D eigenvalue weighted by Gasteiger charge is -2.34. The van der Waals surface area contributed by atoms with E-state index < -0.39 is 10.0 Å². The molecule has 0 unspecified atom stereocenters. The Bertz CT molecular complexity index is 920. The average molecular weight is 409 g/mol. The predicted molar refractivity (Wildman–Crippen MR) is 104 cm³/mol. The quantitative estimate of drug-likeness (QED) is 0.779. The summed E-state index contributed by atoms with van der Waals surface area (Å²) >= 11 is 1.01. The first-order valence-electron chi connectivity index (χ1n) is 9.57. The maximum absolute atomic E-state index is 13.2. The molecule has 2 aliphatic rings. The van der Waals surface area contributed by atoms with Gasteiger partial charge in [0.1, 0.15) is 15.9 Å². The number of sulfonamides is 1. The van der Waals surface area contributed by atoms with Gasteiger partial charge in [0.15, 0.2) is 0 Å². The second-order valence-electron chi connectivity index (χ2n) is 7.33. The van der Waals surface area contributed by atoms with Crippen LogP contribution in [0.1, 0.15) is 38.5 Å². The van der Waals surface area contributed by atoms with E-state index >= 15 is 0 Å². The summed E-state index contributed by atoms with van der Waals surface area (Å²) in [5.41, 5.74) is 1.01. The Morgan fingerprint density at radius 2 is 1.81 bits per heavy atom.